The summed E-state index contributed by atoms with van der Waals surface area (Å²) in [7, 11) is 0. The van der Waals surface area contributed by atoms with Gasteiger partial charge in [0.25, 0.3) is 0 Å². The molecule has 2 heteroatoms. The Balaban J connectivity index is 1.77. The number of rotatable bonds is 5. The molecule has 0 saturated heterocycles. The van der Waals surface area contributed by atoms with Crippen LogP contribution in [-0.4, -0.2) is 13.1 Å². The number of hydrogen-bond acceptors (Lipinski definition) is 2. The van der Waals surface area contributed by atoms with Crippen LogP contribution >= 0.6 is 0 Å². The first kappa shape index (κ1) is 11.3. The average Bonchev–Trinajstić information content (AvgIpc) is 3.02. The van der Waals surface area contributed by atoms with Crippen molar-refractivity contribution in [3.8, 4) is 0 Å². The van der Waals surface area contributed by atoms with E-state index in [1.165, 1.54) is 44.2 Å². The van der Waals surface area contributed by atoms with E-state index < -0.39 is 0 Å². The monoisotopic (exact) mass is 233 g/mol. The van der Waals surface area contributed by atoms with Gasteiger partial charge in [0.15, 0.2) is 0 Å². The Hall–Kier alpha value is -0.760. The van der Waals surface area contributed by atoms with Gasteiger partial charge in [-0.15, -0.1) is 0 Å². The molecule has 0 aromatic carbocycles. The van der Waals surface area contributed by atoms with Gasteiger partial charge < -0.3 is 9.73 Å². The van der Waals surface area contributed by atoms with Crippen molar-refractivity contribution >= 4 is 0 Å². The highest BCUT2D eigenvalue weighted by Gasteiger charge is 2.50. The van der Waals surface area contributed by atoms with E-state index in [0.717, 1.165) is 18.4 Å². The van der Waals surface area contributed by atoms with Gasteiger partial charge in [-0.3, -0.25) is 0 Å². The van der Waals surface area contributed by atoms with Gasteiger partial charge >= 0.3 is 0 Å². The zero-order valence-electron chi connectivity index (χ0n) is 10.7. The summed E-state index contributed by atoms with van der Waals surface area (Å²) >= 11 is 0. The zero-order chi connectivity index (χ0) is 11.7. The number of nitrogens with one attached hydrogen (secondary N) is 1. The summed E-state index contributed by atoms with van der Waals surface area (Å²) < 4.78 is 5.23. The maximum atomic E-state index is 5.23. The smallest absolute Gasteiger partial charge is 0.0934 e. The van der Waals surface area contributed by atoms with Crippen LogP contribution in [0.25, 0.3) is 0 Å². The fraction of sp³-hybridized carbons (Fsp3) is 0.733. The van der Waals surface area contributed by atoms with Crippen molar-refractivity contribution in [3.63, 3.8) is 0 Å². The van der Waals surface area contributed by atoms with E-state index >= 15 is 0 Å². The molecule has 3 rings (SSSR count). The van der Waals surface area contributed by atoms with E-state index in [1.54, 1.807) is 0 Å². The molecule has 0 radical (unpaired) electrons. The van der Waals surface area contributed by atoms with E-state index in [2.05, 4.69) is 18.3 Å². The van der Waals surface area contributed by atoms with Crippen molar-refractivity contribution in [2.24, 2.45) is 17.3 Å². The van der Waals surface area contributed by atoms with Crippen molar-refractivity contribution in [2.45, 2.75) is 39.0 Å². The van der Waals surface area contributed by atoms with Gasteiger partial charge in [0.1, 0.15) is 0 Å². The van der Waals surface area contributed by atoms with Gasteiger partial charge in [0.05, 0.1) is 12.5 Å². The maximum Gasteiger partial charge on any atom is 0.0934 e. The van der Waals surface area contributed by atoms with Gasteiger partial charge in [-0.05, 0) is 61.1 Å². The van der Waals surface area contributed by atoms with Crippen molar-refractivity contribution in [1.29, 1.82) is 0 Å². The van der Waals surface area contributed by atoms with Gasteiger partial charge in [0, 0.05) is 6.54 Å². The highest BCUT2D eigenvalue weighted by Crippen LogP contribution is 2.57. The van der Waals surface area contributed by atoms with E-state index in [4.69, 9.17) is 4.42 Å². The lowest BCUT2D eigenvalue weighted by Crippen LogP contribution is -2.40. The Morgan fingerprint density at radius 3 is 3.00 bits per heavy atom. The Kier molecular flexibility index (Phi) is 2.99. The fourth-order valence-electron chi connectivity index (χ4n) is 4.23. The Bertz CT molecular complexity index is 359. The zero-order valence-corrected chi connectivity index (χ0v) is 10.7. The molecule has 2 aliphatic carbocycles. The molecule has 2 saturated carbocycles. The molecule has 3 unspecified atom stereocenters. The molecule has 0 spiro atoms. The summed E-state index contributed by atoms with van der Waals surface area (Å²) in [5.41, 5.74) is 1.90. The topological polar surface area (TPSA) is 25.2 Å². The van der Waals surface area contributed by atoms with E-state index in [9.17, 15) is 0 Å². The Labute approximate surface area is 104 Å². The molecule has 0 amide bonds. The van der Waals surface area contributed by atoms with Crippen LogP contribution in [0.1, 0.15) is 38.2 Å². The molecule has 0 aliphatic heterocycles. The number of furan rings is 1. The average molecular weight is 233 g/mol. The molecule has 2 aliphatic rings. The van der Waals surface area contributed by atoms with Gasteiger partial charge in [-0.2, -0.15) is 0 Å². The largest absolute Gasteiger partial charge is 0.472 e. The summed E-state index contributed by atoms with van der Waals surface area (Å²) in [6.45, 7) is 4.49. The maximum absolute atomic E-state index is 5.23. The molecule has 2 nitrogen and oxygen atoms in total. The standard InChI is InChI=1S/C15H23NO/c1-2-16-11-15(9-13-5-6-17-10-13)8-12-3-4-14(15)7-12/h5-6,10,12,14,16H,2-4,7-9,11H2,1H3. The fourth-order valence-corrected chi connectivity index (χ4v) is 4.23. The second-order valence-electron chi connectivity index (χ2n) is 6.03. The summed E-state index contributed by atoms with van der Waals surface area (Å²) in [5, 5.41) is 3.60. The number of fused-ring (bicyclic) bond motifs is 2. The normalized spacial score (nSPS) is 35.6. The van der Waals surface area contributed by atoms with E-state index in [-0.39, 0.29) is 0 Å². The van der Waals surface area contributed by atoms with Gasteiger partial charge in [0.2, 0.25) is 0 Å². The second-order valence-corrected chi connectivity index (χ2v) is 6.03. The summed E-state index contributed by atoms with van der Waals surface area (Å²) in [4.78, 5) is 0. The molecule has 1 aromatic rings. The lowest BCUT2D eigenvalue weighted by Gasteiger charge is -2.38. The van der Waals surface area contributed by atoms with Crippen molar-refractivity contribution in [1.82, 2.24) is 5.32 Å². The third kappa shape index (κ3) is 2.03. The molecule has 1 heterocycles. The van der Waals surface area contributed by atoms with Crippen LogP contribution in [-0.2, 0) is 6.42 Å². The lowest BCUT2D eigenvalue weighted by atomic mass is 9.69. The van der Waals surface area contributed by atoms with Crippen LogP contribution in [0.4, 0.5) is 0 Å². The first-order valence-corrected chi connectivity index (χ1v) is 7.04. The van der Waals surface area contributed by atoms with E-state index in [0.29, 0.717) is 5.41 Å². The minimum atomic E-state index is 0.517. The van der Waals surface area contributed by atoms with Crippen LogP contribution < -0.4 is 5.32 Å². The molecule has 1 N–H and O–H groups in total. The van der Waals surface area contributed by atoms with Crippen LogP contribution in [0.3, 0.4) is 0 Å². The van der Waals surface area contributed by atoms with Crippen LogP contribution in [0.2, 0.25) is 0 Å². The van der Waals surface area contributed by atoms with Gasteiger partial charge in [-0.1, -0.05) is 13.3 Å². The van der Waals surface area contributed by atoms with Crippen molar-refractivity contribution in [2.75, 3.05) is 13.1 Å². The third-order valence-corrected chi connectivity index (χ3v) is 4.97. The molecule has 2 fully saturated rings. The number of hydrogen-bond donors (Lipinski definition) is 1. The Morgan fingerprint density at radius 2 is 2.41 bits per heavy atom. The molecule has 1 aromatic heterocycles. The van der Waals surface area contributed by atoms with Gasteiger partial charge in [-0.25, -0.2) is 0 Å². The van der Waals surface area contributed by atoms with Crippen molar-refractivity contribution < 1.29 is 4.42 Å². The van der Waals surface area contributed by atoms with Crippen molar-refractivity contribution in [3.05, 3.63) is 24.2 Å². The summed E-state index contributed by atoms with van der Waals surface area (Å²) in [5.74, 6) is 1.95. The minimum absolute atomic E-state index is 0.517. The molecule has 17 heavy (non-hydrogen) atoms. The van der Waals surface area contributed by atoms with Crippen LogP contribution in [0.15, 0.2) is 23.0 Å². The minimum Gasteiger partial charge on any atom is -0.472 e. The third-order valence-electron chi connectivity index (χ3n) is 4.97. The predicted molar refractivity (Wildman–Crippen MR) is 68.8 cm³/mol. The summed E-state index contributed by atoms with van der Waals surface area (Å²) in [6.07, 6.45) is 10.8. The molecular weight excluding hydrogens is 210 g/mol. The van der Waals surface area contributed by atoms with Crippen LogP contribution in [0.5, 0.6) is 0 Å². The van der Waals surface area contributed by atoms with E-state index in [1.807, 2.05) is 12.5 Å². The Morgan fingerprint density at radius 1 is 1.47 bits per heavy atom. The van der Waals surface area contributed by atoms with Crippen LogP contribution in [0, 0.1) is 17.3 Å². The predicted octanol–water partition coefficient (Wildman–Crippen LogP) is 3.24. The quantitative estimate of drug-likeness (QED) is 0.844. The highest BCUT2D eigenvalue weighted by atomic mass is 16.3. The second kappa shape index (κ2) is 4.49. The first-order chi connectivity index (χ1) is 8.32. The molecule has 3 atom stereocenters. The molecule has 94 valence electrons. The lowest BCUT2D eigenvalue weighted by molar-refractivity contribution is 0.157. The summed E-state index contributed by atoms with van der Waals surface area (Å²) in [6, 6.07) is 2.14. The molecular formula is C15H23NO. The SMILES string of the molecule is CCNCC1(Cc2ccoc2)CC2CCC1C2. The highest BCUT2D eigenvalue weighted by molar-refractivity contribution is 5.13. The molecule has 2 bridgehead atoms. The first-order valence-electron chi connectivity index (χ1n) is 7.04.